The quantitative estimate of drug-likeness (QED) is 0.502. The molecule has 3 rings (SSSR count). The van der Waals surface area contributed by atoms with Crippen LogP contribution in [0.4, 0.5) is 24.5 Å². The number of carbonyl (C=O) groups excluding carboxylic acids is 2. The zero-order valence-electron chi connectivity index (χ0n) is 18.7. The van der Waals surface area contributed by atoms with E-state index in [1.165, 1.54) is 17.0 Å². The van der Waals surface area contributed by atoms with E-state index in [4.69, 9.17) is 5.11 Å². The molecule has 1 heterocycles. The van der Waals surface area contributed by atoms with Gasteiger partial charge in [-0.1, -0.05) is 19.9 Å². The van der Waals surface area contributed by atoms with E-state index in [0.29, 0.717) is 5.56 Å². The highest BCUT2D eigenvalue weighted by Crippen LogP contribution is 2.30. The average molecular weight is 467 g/mol. The third-order valence-corrected chi connectivity index (χ3v) is 4.97. The maximum absolute atomic E-state index is 14.5. The molecule has 2 aromatic rings. The Morgan fingerprint density at radius 1 is 1.12 bits per heavy atom. The van der Waals surface area contributed by atoms with Crippen LogP contribution in [0.15, 0.2) is 30.3 Å². The van der Waals surface area contributed by atoms with Gasteiger partial charge in [0.1, 0.15) is 5.82 Å². The number of nitrogens with one attached hydrogen (secondary N) is 2. The van der Waals surface area contributed by atoms with Gasteiger partial charge in [0, 0.05) is 19.6 Å². The number of aliphatic hydroxyl groups excluding tert-OH is 2. The van der Waals surface area contributed by atoms with Crippen LogP contribution in [0.5, 0.6) is 0 Å². The molecule has 1 saturated heterocycles. The molecule has 0 spiro atoms. The largest absolute Gasteiger partial charge is 0.394 e. The van der Waals surface area contributed by atoms with E-state index >= 15 is 0 Å². The predicted molar refractivity (Wildman–Crippen MR) is 118 cm³/mol. The second kappa shape index (κ2) is 11.7. The molecule has 1 aliphatic heterocycles. The molecule has 1 fully saturated rings. The highest BCUT2D eigenvalue weighted by molar-refractivity contribution is 6.01. The highest BCUT2D eigenvalue weighted by atomic mass is 19.2. The Morgan fingerprint density at radius 3 is 2.39 bits per heavy atom. The van der Waals surface area contributed by atoms with Gasteiger partial charge in [0.25, 0.3) is 5.91 Å². The Kier molecular flexibility index (Phi) is 9.24. The number of amides is 2. The first-order valence-electron chi connectivity index (χ1n) is 10.6. The molecule has 2 aromatic carbocycles. The molecule has 0 bridgehead atoms. The monoisotopic (exact) mass is 467 g/mol. The fraction of sp³-hybridized carbons (Fsp3) is 0.391. The number of nitrogens with zero attached hydrogens (tertiary/aromatic N) is 1. The SMILES string of the molecule is CC.Cc1ccc(Nc2c(C(=O)N3CC(C(=O)NCC(O)CO)C3)ccc(F)c2F)c(F)c1. The summed E-state index contributed by atoms with van der Waals surface area (Å²) in [6.45, 7) is 5.13. The molecule has 2 amide bonds. The van der Waals surface area contributed by atoms with Crippen LogP contribution < -0.4 is 10.6 Å². The zero-order valence-corrected chi connectivity index (χ0v) is 18.7. The number of benzene rings is 2. The first-order valence-corrected chi connectivity index (χ1v) is 10.6. The van der Waals surface area contributed by atoms with Crippen LogP contribution in [0.2, 0.25) is 0 Å². The molecule has 33 heavy (non-hydrogen) atoms. The minimum Gasteiger partial charge on any atom is -0.394 e. The molecule has 10 heteroatoms. The number of halogens is 3. The summed E-state index contributed by atoms with van der Waals surface area (Å²) < 4.78 is 42.5. The third-order valence-electron chi connectivity index (χ3n) is 4.97. The maximum Gasteiger partial charge on any atom is 0.256 e. The first kappa shape index (κ1) is 26.1. The number of anilines is 2. The summed E-state index contributed by atoms with van der Waals surface area (Å²) in [6.07, 6.45) is -1.08. The fourth-order valence-electron chi connectivity index (χ4n) is 3.12. The number of hydrogen-bond acceptors (Lipinski definition) is 5. The summed E-state index contributed by atoms with van der Waals surface area (Å²) in [5, 5.41) is 23.0. The van der Waals surface area contributed by atoms with E-state index in [1.807, 2.05) is 13.8 Å². The van der Waals surface area contributed by atoms with Crippen LogP contribution in [-0.4, -0.2) is 59.3 Å². The molecule has 180 valence electrons. The Balaban J connectivity index is 0.00000187. The van der Waals surface area contributed by atoms with Crippen molar-refractivity contribution in [3.63, 3.8) is 0 Å². The summed E-state index contributed by atoms with van der Waals surface area (Å²) in [5.41, 5.74) is -0.178. The van der Waals surface area contributed by atoms with Crippen molar-refractivity contribution in [1.82, 2.24) is 10.2 Å². The van der Waals surface area contributed by atoms with Gasteiger partial charge in [-0.25, -0.2) is 13.2 Å². The van der Waals surface area contributed by atoms with E-state index in [0.717, 1.165) is 12.1 Å². The first-order chi connectivity index (χ1) is 15.7. The number of carbonyl (C=O) groups is 2. The Morgan fingerprint density at radius 2 is 1.79 bits per heavy atom. The van der Waals surface area contributed by atoms with E-state index in [2.05, 4.69) is 10.6 Å². The molecular weight excluding hydrogens is 439 g/mol. The molecule has 4 N–H and O–H groups in total. The van der Waals surface area contributed by atoms with Gasteiger partial charge in [0.2, 0.25) is 5.91 Å². The Hall–Kier alpha value is -3.11. The van der Waals surface area contributed by atoms with Crippen LogP contribution >= 0.6 is 0 Å². The van der Waals surface area contributed by atoms with Gasteiger partial charge < -0.3 is 25.7 Å². The molecule has 1 aliphatic rings. The van der Waals surface area contributed by atoms with E-state index in [-0.39, 0.29) is 30.9 Å². The number of rotatable bonds is 7. The summed E-state index contributed by atoms with van der Waals surface area (Å²) >= 11 is 0. The van der Waals surface area contributed by atoms with Crippen LogP contribution in [0.3, 0.4) is 0 Å². The lowest BCUT2D eigenvalue weighted by Gasteiger charge is -2.38. The van der Waals surface area contributed by atoms with Gasteiger partial charge in [0.15, 0.2) is 11.6 Å². The fourth-order valence-corrected chi connectivity index (χ4v) is 3.12. The second-order valence-electron chi connectivity index (χ2n) is 7.38. The second-order valence-corrected chi connectivity index (χ2v) is 7.38. The van der Waals surface area contributed by atoms with Crippen LogP contribution in [0.25, 0.3) is 0 Å². The number of aryl methyl sites for hydroxylation is 1. The standard InChI is InChI=1S/C21H22F3N3O4.C2H6/c1-11-2-5-17(16(23)6-11)26-19-14(3-4-15(22)18(19)24)21(31)27-8-12(9-27)20(30)25-7-13(29)10-28;1-2/h2-6,12-13,26,28-29H,7-10H2,1H3,(H,25,30);1-2H3. The zero-order chi connectivity index (χ0) is 24.7. The predicted octanol–water partition coefficient (Wildman–Crippen LogP) is 2.72. The smallest absolute Gasteiger partial charge is 0.256 e. The van der Waals surface area contributed by atoms with Crippen molar-refractivity contribution in [3.8, 4) is 0 Å². The minimum absolute atomic E-state index is 0.0389. The van der Waals surface area contributed by atoms with Gasteiger partial charge in [0.05, 0.1) is 35.6 Å². The van der Waals surface area contributed by atoms with E-state index < -0.39 is 53.6 Å². The lowest BCUT2D eigenvalue weighted by molar-refractivity contribution is -0.129. The van der Waals surface area contributed by atoms with Crippen molar-refractivity contribution in [2.75, 3.05) is 31.6 Å². The third kappa shape index (κ3) is 6.23. The van der Waals surface area contributed by atoms with Crippen molar-refractivity contribution in [1.29, 1.82) is 0 Å². The van der Waals surface area contributed by atoms with Crippen LogP contribution in [0.1, 0.15) is 29.8 Å². The van der Waals surface area contributed by atoms with Gasteiger partial charge >= 0.3 is 0 Å². The normalized spacial score (nSPS) is 14.0. The summed E-state index contributed by atoms with van der Waals surface area (Å²) in [7, 11) is 0. The summed E-state index contributed by atoms with van der Waals surface area (Å²) in [5.74, 6) is -4.79. The van der Waals surface area contributed by atoms with E-state index in [9.17, 15) is 27.9 Å². The number of hydrogen-bond donors (Lipinski definition) is 4. The van der Waals surface area contributed by atoms with Gasteiger partial charge in [-0.05, 0) is 36.8 Å². The van der Waals surface area contributed by atoms with Crippen LogP contribution in [-0.2, 0) is 4.79 Å². The summed E-state index contributed by atoms with van der Waals surface area (Å²) in [6, 6.07) is 6.05. The van der Waals surface area contributed by atoms with Crippen molar-refractivity contribution in [2.45, 2.75) is 26.9 Å². The van der Waals surface area contributed by atoms with E-state index in [1.54, 1.807) is 13.0 Å². The minimum atomic E-state index is -1.32. The Bertz CT molecular complexity index is 997. The molecule has 0 radical (unpaired) electrons. The summed E-state index contributed by atoms with van der Waals surface area (Å²) in [4.78, 5) is 26.1. The average Bonchev–Trinajstić information content (AvgIpc) is 2.77. The molecule has 7 nitrogen and oxygen atoms in total. The van der Waals surface area contributed by atoms with Crippen molar-refractivity contribution < 1.29 is 33.0 Å². The molecule has 1 unspecified atom stereocenters. The lowest BCUT2D eigenvalue weighted by atomic mass is 9.97. The molecular formula is C23H28F3N3O4. The van der Waals surface area contributed by atoms with Gasteiger partial charge in [-0.15, -0.1) is 0 Å². The highest BCUT2D eigenvalue weighted by Gasteiger charge is 2.37. The van der Waals surface area contributed by atoms with Crippen molar-refractivity contribution in [3.05, 3.63) is 58.9 Å². The molecule has 1 atom stereocenters. The van der Waals surface area contributed by atoms with Crippen molar-refractivity contribution >= 4 is 23.2 Å². The van der Waals surface area contributed by atoms with Gasteiger partial charge in [-0.3, -0.25) is 9.59 Å². The molecule has 0 aromatic heterocycles. The number of aliphatic hydroxyl groups is 2. The maximum atomic E-state index is 14.5. The molecule has 0 aliphatic carbocycles. The van der Waals surface area contributed by atoms with Gasteiger partial charge in [-0.2, -0.15) is 0 Å². The number of likely N-dealkylation sites (tertiary alicyclic amines) is 1. The Labute approximate surface area is 190 Å². The van der Waals surface area contributed by atoms with Crippen LogP contribution in [0, 0.1) is 30.3 Å². The topological polar surface area (TPSA) is 102 Å². The lowest BCUT2D eigenvalue weighted by Crippen LogP contribution is -2.56. The molecule has 0 saturated carbocycles. The van der Waals surface area contributed by atoms with Crippen molar-refractivity contribution in [2.24, 2.45) is 5.92 Å².